The number of fused-ring (bicyclic) bond motifs is 4. The van der Waals surface area contributed by atoms with Crippen LogP contribution >= 0.6 is 0 Å². The molecule has 0 bridgehead atoms. The molecule has 1 unspecified atom stereocenters. The lowest BCUT2D eigenvalue weighted by Gasteiger charge is -2.40. The Hall–Kier alpha value is -5.19. The molecule has 0 saturated carbocycles. The van der Waals surface area contributed by atoms with Crippen LogP contribution in [0.5, 0.6) is 0 Å². The highest BCUT2D eigenvalue weighted by Gasteiger charge is 2.36. The maximum absolute atomic E-state index is 14.0. The predicted octanol–water partition coefficient (Wildman–Crippen LogP) is 4.37. The fourth-order valence-corrected chi connectivity index (χ4v) is 6.82. The van der Waals surface area contributed by atoms with Crippen LogP contribution in [-0.4, -0.2) is 73.5 Å². The van der Waals surface area contributed by atoms with Gasteiger partial charge in [0.05, 0.1) is 11.7 Å². The van der Waals surface area contributed by atoms with E-state index >= 15 is 0 Å². The number of nitrogens with zero attached hydrogens (tertiary/aromatic N) is 5. The van der Waals surface area contributed by atoms with E-state index in [0.717, 1.165) is 33.3 Å². The second-order valence-electron chi connectivity index (χ2n) is 12.0. The van der Waals surface area contributed by atoms with Crippen LogP contribution in [0.1, 0.15) is 46.8 Å². The number of amides is 5. The van der Waals surface area contributed by atoms with E-state index in [2.05, 4.69) is 15.7 Å². The maximum Gasteiger partial charge on any atom is 0.322 e. The molecule has 7 rings (SSSR count). The summed E-state index contributed by atoms with van der Waals surface area (Å²) in [5, 5.41) is 11.2. The number of piperidine rings is 1. The molecular formula is C34H35N7O4. The summed E-state index contributed by atoms with van der Waals surface area (Å²) in [5.41, 5.74) is 5.48. The average Bonchev–Trinajstić information content (AvgIpc) is 3.45. The number of rotatable bonds is 4. The molecule has 3 aliphatic heterocycles. The molecule has 2 N–H and O–H groups in total. The molecule has 1 aromatic heterocycles. The Morgan fingerprint density at radius 1 is 0.933 bits per heavy atom. The molecule has 11 nitrogen and oxygen atoms in total. The van der Waals surface area contributed by atoms with E-state index < -0.39 is 6.04 Å². The fourth-order valence-electron chi connectivity index (χ4n) is 6.82. The Bertz CT molecular complexity index is 1790. The van der Waals surface area contributed by atoms with E-state index in [1.165, 1.54) is 11.6 Å². The smallest absolute Gasteiger partial charge is 0.322 e. The largest absolute Gasteiger partial charge is 0.332 e. The van der Waals surface area contributed by atoms with Gasteiger partial charge in [-0.2, -0.15) is 5.10 Å². The quantitative estimate of drug-likeness (QED) is 0.358. The molecule has 1 atom stereocenters. The van der Waals surface area contributed by atoms with Gasteiger partial charge in [0.1, 0.15) is 6.04 Å². The SMILES string of the molecule is CC(=O)n1ncc2c3c(ccc21)CC(NC(=O)N1CCC(N2Cc4ccccc4NC2=O)CC1)C(=O)N(Cc1ccccc1)C3. The van der Waals surface area contributed by atoms with E-state index in [0.29, 0.717) is 57.5 Å². The van der Waals surface area contributed by atoms with Crippen LogP contribution in [0.4, 0.5) is 15.3 Å². The van der Waals surface area contributed by atoms with Gasteiger partial charge in [-0.1, -0.05) is 54.6 Å². The molecule has 11 heteroatoms. The summed E-state index contributed by atoms with van der Waals surface area (Å²) in [6.45, 7) is 3.71. The molecule has 0 radical (unpaired) electrons. The van der Waals surface area contributed by atoms with Gasteiger partial charge in [-0.05, 0) is 47.2 Å². The van der Waals surface area contributed by atoms with E-state index in [9.17, 15) is 19.2 Å². The van der Waals surface area contributed by atoms with Crippen molar-refractivity contribution in [2.75, 3.05) is 18.4 Å². The topological polar surface area (TPSA) is 120 Å². The first kappa shape index (κ1) is 28.6. The van der Waals surface area contributed by atoms with Gasteiger partial charge >= 0.3 is 12.1 Å². The Morgan fingerprint density at radius 2 is 1.69 bits per heavy atom. The first-order valence-electron chi connectivity index (χ1n) is 15.4. The molecular weight excluding hydrogens is 570 g/mol. The van der Waals surface area contributed by atoms with Crippen molar-refractivity contribution >= 4 is 40.5 Å². The standard InChI is InChI=1S/C34H35N7O4/c1-22(42)41-31-12-11-24-17-30(32(43)39(19-23-7-3-2-4-8-23)21-28(24)27(31)18-35-41)37-33(44)38-15-13-26(14-16-38)40-20-25-9-5-6-10-29(25)36-34(40)45/h2-12,18,26,30H,13-17,19-21H2,1H3,(H,36,45)(H,37,44). The fraction of sp³-hybridized carbons (Fsp3) is 0.324. The van der Waals surface area contributed by atoms with Gasteiger partial charge in [0.2, 0.25) is 11.8 Å². The van der Waals surface area contributed by atoms with Crippen LogP contribution in [0, 0.1) is 0 Å². The van der Waals surface area contributed by atoms with Crippen molar-refractivity contribution in [3.05, 3.63) is 95.2 Å². The minimum atomic E-state index is -0.759. The Morgan fingerprint density at radius 3 is 2.47 bits per heavy atom. The first-order chi connectivity index (χ1) is 21.9. The molecule has 4 aromatic rings. The zero-order valence-corrected chi connectivity index (χ0v) is 25.1. The van der Waals surface area contributed by atoms with E-state index in [-0.39, 0.29) is 29.9 Å². The predicted molar refractivity (Wildman–Crippen MR) is 168 cm³/mol. The van der Waals surface area contributed by atoms with Gasteiger partial charge in [-0.15, -0.1) is 0 Å². The molecule has 4 heterocycles. The summed E-state index contributed by atoms with van der Waals surface area (Å²) in [5.74, 6) is -0.343. The van der Waals surface area contributed by atoms with Crippen LogP contribution in [-0.2, 0) is 30.8 Å². The highest BCUT2D eigenvalue weighted by atomic mass is 16.2. The van der Waals surface area contributed by atoms with Gasteiger partial charge in [0.25, 0.3) is 0 Å². The summed E-state index contributed by atoms with van der Waals surface area (Å²) in [7, 11) is 0. The van der Waals surface area contributed by atoms with Crippen molar-refractivity contribution in [2.45, 2.75) is 57.9 Å². The number of hydrogen-bond acceptors (Lipinski definition) is 5. The highest BCUT2D eigenvalue weighted by Crippen LogP contribution is 2.30. The van der Waals surface area contributed by atoms with Crippen LogP contribution in [0.2, 0.25) is 0 Å². The molecule has 0 aliphatic carbocycles. The number of anilines is 1. The lowest BCUT2D eigenvalue weighted by molar-refractivity contribution is -0.134. The third kappa shape index (κ3) is 5.50. The summed E-state index contributed by atoms with van der Waals surface area (Å²) >= 11 is 0. The minimum absolute atomic E-state index is 0.0217. The second kappa shape index (κ2) is 11.7. The van der Waals surface area contributed by atoms with Gasteiger partial charge in [-0.3, -0.25) is 9.59 Å². The lowest BCUT2D eigenvalue weighted by atomic mass is 9.98. The van der Waals surface area contributed by atoms with Crippen molar-refractivity contribution in [1.29, 1.82) is 0 Å². The number of para-hydroxylation sites is 1. The first-order valence-corrected chi connectivity index (χ1v) is 15.4. The van der Waals surface area contributed by atoms with Gasteiger partial charge in [0.15, 0.2) is 0 Å². The summed E-state index contributed by atoms with van der Waals surface area (Å²) in [6, 6.07) is 20.2. The second-order valence-corrected chi connectivity index (χ2v) is 12.0. The third-order valence-corrected chi connectivity index (χ3v) is 9.21. The summed E-state index contributed by atoms with van der Waals surface area (Å²) < 4.78 is 1.37. The number of aromatic nitrogens is 2. The highest BCUT2D eigenvalue weighted by molar-refractivity contribution is 5.94. The molecule has 3 aromatic carbocycles. The molecule has 230 valence electrons. The molecule has 5 amide bonds. The van der Waals surface area contributed by atoms with Gasteiger partial charge in [-0.25, -0.2) is 14.3 Å². The number of carbonyl (C=O) groups is 4. The van der Waals surface area contributed by atoms with E-state index in [1.807, 2.05) is 71.6 Å². The Kier molecular flexibility index (Phi) is 7.44. The number of hydrogen-bond donors (Lipinski definition) is 2. The van der Waals surface area contributed by atoms with Crippen molar-refractivity contribution in [3.8, 4) is 0 Å². The zero-order valence-electron chi connectivity index (χ0n) is 25.1. The lowest BCUT2D eigenvalue weighted by Crippen LogP contribution is -2.55. The summed E-state index contributed by atoms with van der Waals surface area (Å²) in [6.07, 6.45) is 3.33. The number of nitrogens with one attached hydrogen (secondary N) is 2. The van der Waals surface area contributed by atoms with Crippen LogP contribution in [0.3, 0.4) is 0 Å². The molecule has 3 aliphatic rings. The number of likely N-dealkylation sites (tertiary alicyclic amines) is 1. The van der Waals surface area contributed by atoms with Crippen LogP contribution in [0.15, 0.2) is 72.9 Å². The van der Waals surface area contributed by atoms with E-state index in [4.69, 9.17) is 0 Å². The molecule has 45 heavy (non-hydrogen) atoms. The Balaban J connectivity index is 1.08. The molecule has 1 fully saturated rings. The normalized spacial score (nSPS) is 18.7. The monoisotopic (exact) mass is 605 g/mol. The third-order valence-electron chi connectivity index (χ3n) is 9.21. The van der Waals surface area contributed by atoms with Crippen molar-refractivity contribution < 1.29 is 19.2 Å². The van der Waals surface area contributed by atoms with Crippen LogP contribution < -0.4 is 10.6 Å². The summed E-state index contributed by atoms with van der Waals surface area (Å²) in [4.78, 5) is 58.0. The van der Waals surface area contributed by atoms with Crippen LogP contribution in [0.25, 0.3) is 10.9 Å². The maximum atomic E-state index is 14.0. The van der Waals surface area contributed by atoms with Gasteiger partial charge in [0, 0.05) is 63.2 Å². The zero-order chi connectivity index (χ0) is 31.1. The number of benzene rings is 3. The van der Waals surface area contributed by atoms with E-state index in [1.54, 1.807) is 16.0 Å². The van der Waals surface area contributed by atoms with Crippen molar-refractivity contribution in [2.24, 2.45) is 0 Å². The van der Waals surface area contributed by atoms with Crippen molar-refractivity contribution in [1.82, 2.24) is 29.8 Å². The minimum Gasteiger partial charge on any atom is -0.332 e. The number of carbonyl (C=O) groups excluding carboxylic acids is 4. The van der Waals surface area contributed by atoms with Gasteiger partial charge < -0.3 is 25.3 Å². The average molecular weight is 606 g/mol. The molecule has 1 saturated heterocycles. The Labute approximate surface area is 260 Å². The number of urea groups is 2. The molecule has 0 spiro atoms. The van der Waals surface area contributed by atoms with Crippen molar-refractivity contribution in [3.63, 3.8) is 0 Å².